The van der Waals surface area contributed by atoms with Crippen LogP contribution in [0.3, 0.4) is 0 Å². The molecule has 1 aliphatic carbocycles. The van der Waals surface area contributed by atoms with Crippen LogP contribution in [0.15, 0.2) is 36.4 Å². The first kappa shape index (κ1) is 10.6. The van der Waals surface area contributed by atoms with Crippen molar-refractivity contribution in [1.82, 2.24) is 0 Å². The van der Waals surface area contributed by atoms with E-state index < -0.39 is 0 Å². The van der Waals surface area contributed by atoms with E-state index in [-0.39, 0.29) is 11.6 Å². The molecule has 0 saturated heterocycles. The van der Waals surface area contributed by atoms with Crippen LogP contribution in [0.4, 0.5) is 0 Å². The van der Waals surface area contributed by atoms with E-state index in [2.05, 4.69) is 12.1 Å². The van der Waals surface area contributed by atoms with Gasteiger partial charge in [0.2, 0.25) is 0 Å². The lowest BCUT2D eigenvalue weighted by atomic mass is 9.77. The Morgan fingerprint density at radius 1 is 1.00 bits per heavy atom. The van der Waals surface area contributed by atoms with Crippen molar-refractivity contribution in [3.8, 4) is 0 Å². The van der Waals surface area contributed by atoms with Gasteiger partial charge in [-0.1, -0.05) is 36.8 Å². The van der Waals surface area contributed by atoms with Gasteiger partial charge < -0.3 is 4.74 Å². The maximum atomic E-state index is 11.6. The zero-order chi connectivity index (χ0) is 11.7. The molecule has 1 aliphatic heterocycles. The molecule has 0 unspecified atom stereocenters. The minimum Gasteiger partial charge on any atom is -0.451 e. The minimum absolute atomic E-state index is 0.175. The molecule has 2 nitrogen and oxygen atoms in total. The monoisotopic (exact) mass is 228 g/mol. The molecule has 3 rings (SSSR count). The van der Waals surface area contributed by atoms with Crippen molar-refractivity contribution in [3.05, 3.63) is 42.0 Å². The number of hydrogen-bond acceptors (Lipinski definition) is 2. The van der Waals surface area contributed by atoms with Gasteiger partial charge in [-0.05, 0) is 31.2 Å². The zero-order valence-electron chi connectivity index (χ0n) is 9.82. The molecule has 0 N–H and O–H groups in total. The van der Waals surface area contributed by atoms with E-state index in [0.717, 1.165) is 36.8 Å². The first-order valence-electron chi connectivity index (χ1n) is 6.31. The Bertz CT molecular complexity index is 453. The second-order valence-electron chi connectivity index (χ2n) is 4.90. The summed E-state index contributed by atoms with van der Waals surface area (Å²) in [5, 5.41) is 0. The van der Waals surface area contributed by atoms with E-state index in [0.29, 0.717) is 0 Å². The van der Waals surface area contributed by atoms with E-state index in [1.165, 1.54) is 6.42 Å². The Labute approximate surface area is 101 Å². The Morgan fingerprint density at radius 2 is 1.71 bits per heavy atom. The summed E-state index contributed by atoms with van der Waals surface area (Å²) in [5.41, 5.74) is 1.89. The Hall–Kier alpha value is -1.57. The zero-order valence-corrected chi connectivity index (χ0v) is 9.82. The second kappa shape index (κ2) is 4.02. The quantitative estimate of drug-likeness (QED) is 0.689. The average Bonchev–Trinajstić information content (AvgIpc) is 2.68. The number of carbonyl (C=O) groups is 1. The molecule has 0 atom stereocenters. The molecule has 1 heterocycles. The number of rotatable bonds is 1. The highest BCUT2D eigenvalue weighted by molar-refractivity contribution is 5.98. The van der Waals surface area contributed by atoms with Crippen LogP contribution in [-0.4, -0.2) is 11.6 Å². The van der Waals surface area contributed by atoms with Crippen LogP contribution in [0, 0.1) is 0 Å². The molecule has 1 saturated carbocycles. The molecule has 0 bridgehead atoms. The summed E-state index contributed by atoms with van der Waals surface area (Å²) in [4.78, 5) is 11.6. The molecule has 1 aromatic carbocycles. The first-order chi connectivity index (χ1) is 8.30. The van der Waals surface area contributed by atoms with Crippen molar-refractivity contribution in [2.24, 2.45) is 0 Å². The van der Waals surface area contributed by atoms with Gasteiger partial charge in [-0.15, -0.1) is 0 Å². The van der Waals surface area contributed by atoms with Crippen LogP contribution in [0.2, 0.25) is 0 Å². The SMILES string of the molecule is O=C1C=C(c2ccccc2)C2(CCCCC2)O1. The number of benzene rings is 1. The van der Waals surface area contributed by atoms with E-state index >= 15 is 0 Å². The summed E-state index contributed by atoms with van der Waals surface area (Å²) >= 11 is 0. The summed E-state index contributed by atoms with van der Waals surface area (Å²) in [6.45, 7) is 0. The van der Waals surface area contributed by atoms with Crippen LogP contribution < -0.4 is 0 Å². The lowest BCUT2D eigenvalue weighted by Gasteiger charge is -2.34. The van der Waals surface area contributed by atoms with Gasteiger partial charge in [0.15, 0.2) is 0 Å². The normalized spacial score (nSPS) is 22.4. The molecular weight excluding hydrogens is 212 g/mol. The molecule has 1 aromatic rings. The number of hydrogen-bond donors (Lipinski definition) is 0. The fourth-order valence-corrected chi connectivity index (χ4v) is 2.98. The van der Waals surface area contributed by atoms with E-state index in [1.807, 2.05) is 18.2 Å². The van der Waals surface area contributed by atoms with Gasteiger partial charge in [-0.2, -0.15) is 0 Å². The Balaban J connectivity index is 2.01. The van der Waals surface area contributed by atoms with Crippen molar-refractivity contribution in [2.75, 3.05) is 0 Å². The maximum Gasteiger partial charge on any atom is 0.332 e. The van der Waals surface area contributed by atoms with Crippen molar-refractivity contribution in [2.45, 2.75) is 37.7 Å². The smallest absolute Gasteiger partial charge is 0.332 e. The van der Waals surface area contributed by atoms with Crippen molar-refractivity contribution in [3.63, 3.8) is 0 Å². The topological polar surface area (TPSA) is 26.3 Å². The van der Waals surface area contributed by atoms with Crippen LogP contribution in [0.5, 0.6) is 0 Å². The highest BCUT2D eigenvalue weighted by Crippen LogP contribution is 2.45. The fraction of sp³-hybridized carbons (Fsp3) is 0.400. The maximum absolute atomic E-state index is 11.6. The highest BCUT2D eigenvalue weighted by Gasteiger charge is 2.44. The summed E-state index contributed by atoms with van der Waals surface area (Å²) in [7, 11) is 0. The van der Waals surface area contributed by atoms with E-state index in [4.69, 9.17) is 4.74 Å². The van der Waals surface area contributed by atoms with Crippen molar-refractivity contribution < 1.29 is 9.53 Å². The van der Waals surface area contributed by atoms with Gasteiger partial charge in [0, 0.05) is 11.6 Å². The van der Waals surface area contributed by atoms with Gasteiger partial charge in [0.1, 0.15) is 5.60 Å². The lowest BCUT2D eigenvalue weighted by Crippen LogP contribution is -2.33. The predicted octanol–water partition coefficient (Wildman–Crippen LogP) is 3.33. The summed E-state index contributed by atoms with van der Waals surface area (Å²) in [6.07, 6.45) is 7.18. The van der Waals surface area contributed by atoms with Gasteiger partial charge in [0.05, 0.1) is 0 Å². The molecule has 0 amide bonds. The van der Waals surface area contributed by atoms with Gasteiger partial charge in [-0.25, -0.2) is 4.79 Å². The fourth-order valence-electron chi connectivity index (χ4n) is 2.98. The Morgan fingerprint density at radius 3 is 2.41 bits per heavy atom. The van der Waals surface area contributed by atoms with Crippen LogP contribution in [-0.2, 0) is 9.53 Å². The van der Waals surface area contributed by atoms with Crippen molar-refractivity contribution >= 4 is 11.5 Å². The van der Waals surface area contributed by atoms with Crippen LogP contribution >= 0.6 is 0 Å². The van der Waals surface area contributed by atoms with Gasteiger partial charge in [0.25, 0.3) is 0 Å². The van der Waals surface area contributed by atoms with Crippen molar-refractivity contribution in [1.29, 1.82) is 0 Å². The molecule has 2 aliphatic rings. The Kier molecular flexibility index (Phi) is 2.50. The van der Waals surface area contributed by atoms with Gasteiger partial charge in [-0.3, -0.25) is 0 Å². The third kappa shape index (κ3) is 1.78. The summed E-state index contributed by atoms with van der Waals surface area (Å²) < 4.78 is 5.63. The molecule has 2 heteroatoms. The molecular formula is C15H16O2. The molecule has 1 fully saturated rings. The standard InChI is InChI=1S/C15H16O2/c16-14-11-13(12-7-3-1-4-8-12)15(17-14)9-5-2-6-10-15/h1,3-4,7-8,11H,2,5-6,9-10H2. The number of carbonyl (C=O) groups excluding carboxylic acids is 1. The molecule has 88 valence electrons. The first-order valence-corrected chi connectivity index (χ1v) is 6.31. The predicted molar refractivity (Wildman–Crippen MR) is 66.3 cm³/mol. The number of ether oxygens (including phenoxy) is 1. The largest absolute Gasteiger partial charge is 0.451 e. The van der Waals surface area contributed by atoms with E-state index in [9.17, 15) is 4.79 Å². The van der Waals surface area contributed by atoms with Gasteiger partial charge >= 0.3 is 5.97 Å². The molecule has 0 radical (unpaired) electrons. The third-order valence-electron chi connectivity index (χ3n) is 3.80. The average molecular weight is 228 g/mol. The molecule has 1 spiro atoms. The van der Waals surface area contributed by atoms with Crippen LogP contribution in [0.1, 0.15) is 37.7 Å². The third-order valence-corrected chi connectivity index (χ3v) is 3.80. The number of esters is 1. The lowest BCUT2D eigenvalue weighted by molar-refractivity contribution is -0.147. The highest BCUT2D eigenvalue weighted by atomic mass is 16.6. The minimum atomic E-state index is -0.323. The van der Waals surface area contributed by atoms with E-state index in [1.54, 1.807) is 6.08 Å². The summed E-state index contributed by atoms with van der Waals surface area (Å²) in [5.74, 6) is -0.175. The molecule has 17 heavy (non-hydrogen) atoms. The second-order valence-corrected chi connectivity index (χ2v) is 4.90. The van der Waals surface area contributed by atoms with Crippen LogP contribution in [0.25, 0.3) is 5.57 Å². The molecule has 0 aromatic heterocycles. The summed E-state index contributed by atoms with van der Waals surface area (Å²) in [6, 6.07) is 10.1.